The summed E-state index contributed by atoms with van der Waals surface area (Å²) in [6, 6.07) is 55.7. The number of nitrogens with zero attached hydrogens (tertiary/aromatic N) is 4. The van der Waals surface area contributed by atoms with E-state index >= 15 is 8.78 Å². The van der Waals surface area contributed by atoms with Crippen molar-refractivity contribution in [3.05, 3.63) is 204 Å². The first-order valence-corrected chi connectivity index (χ1v) is 24.6. The average Bonchev–Trinajstić information content (AvgIpc) is 4.14. The Labute approximate surface area is 415 Å². The van der Waals surface area contributed by atoms with Crippen LogP contribution in [0.25, 0.3) is 111 Å². The number of H-pyrrole nitrogens is 1. The molecule has 352 valence electrons. The Morgan fingerprint density at radius 1 is 0.528 bits per heavy atom. The zero-order chi connectivity index (χ0) is 49.4. The monoisotopic (exact) mass is 943 g/mol. The fourth-order valence-corrected chi connectivity index (χ4v) is 10.8. The van der Waals surface area contributed by atoms with Gasteiger partial charge in [0, 0.05) is 66.6 Å². The van der Waals surface area contributed by atoms with Crippen LogP contribution in [0.4, 0.5) is 8.78 Å². The van der Waals surface area contributed by atoms with Gasteiger partial charge in [-0.05, 0) is 107 Å². The van der Waals surface area contributed by atoms with E-state index in [-0.39, 0.29) is 22.0 Å². The first kappa shape index (κ1) is 43.6. The van der Waals surface area contributed by atoms with Gasteiger partial charge in [-0.15, -0.1) is 0 Å². The minimum Gasteiger partial charge on any atom is -0.455 e. The van der Waals surface area contributed by atoms with Crippen LogP contribution in [0.1, 0.15) is 69.4 Å². The van der Waals surface area contributed by atoms with E-state index in [9.17, 15) is 0 Å². The molecule has 0 aliphatic rings. The molecule has 13 rings (SSSR count). The number of hydrogen-bond donors (Lipinski definition) is 1. The summed E-state index contributed by atoms with van der Waals surface area (Å²) in [5.74, 6) is -1.80. The lowest BCUT2D eigenvalue weighted by molar-refractivity contribution is 0.0429. The van der Waals surface area contributed by atoms with Gasteiger partial charge in [0.05, 0.1) is 33.0 Å². The zero-order valence-corrected chi connectivity index (χ0v) is 41.2. The molecule has 0 aliphatic carbocycles. The molecular formula is C64H51F2N5O. The summed E-state index contributed by atoms with van der Waals surface area (Å²) in [6.45, 7) is 15.6. The minimum atomic E-state index is -3.22. The largest absolute Gasteiger partial charge is 0.455 e. The van der Waals surface area contributed by atoms with Crippen molar-refractivity contribution in [3.63, 3.8) is 0 Å². The Morgan fingerprint density at radius 2 is 1.22 bits per heavy atom. The number of hydrogen-bond acceptors (Lipinski definition) is 3. The third-order valence-corrected chi connectivity index (χ3v) is 14.7. The topological polar surface area (TPSA) is 64.6 Å². The molecule has 0 amide bonds. The van der Waals surface area contributed by atoms with Crippen molar-refractivity contribution < 1.29 is 13.2 Å². The van der Waals surface area contributed by atoms with Gasteiger partial charge in [0.2, 0.25) is 0 Å². The number of benzene rings is 8. The molecule has 0 bridgehead atoms. The predicted molar refractivity (Wildman–Crippen MR) is 292 cm³/mol. The molecule has 8 heteroatoms. The lowest BCUT2D eigenvalue weighted by atomic mass is 9.84. The second-order valence-electron chi connectivity index (χ2n) is 21.5. The smallest absolute Gasteiger partial charge is 0.298 e. The van der Waals surface area contributed by atoms with Gasteiger partial charge in [-0.2, -0.15) is 8.78 Å². The number of furan rings is 1. The number of nitrogens with one attached hydrogen (secondary N) is 1. The van der Waals surface area contributed by atoms with Crippen LogP contribution in [0.2, 0.25) is 0 Å². The fraction of sp³-hybridized carbons (Fsp3) is 0.156. The Morgan fingerprint density at radius 3 is 1.97 bits per heavy atom. The summed E-state index contributed by atoms with van der Waals surface area (Å²) < 4.78 is 43.9. The van der Waals surface area contributed by atoms with E-state index in [2.05, 4.69) is 149 Å². The maximum atomic E-state index is 16.4. The van der Waals surface area contributed by atoms with Crippen molar-refractivity contribution in [2.24, 2.45) is 0 Å². The van der Waals surface area contributed by atoms with Gasteiger partial charge in [-0.3, -0.25) is 9.13 Å². The standard InChI is InChI=1S/C64H51F2N5O/c1-37-20-29-51-49(31-37)57-59(68-51)50(36-48-46-17-11-12-18-55(46)72-60(48)57)61-69-58-47(33-42(63(5,6)7)35-54(58)70(61)43-25-22-39(23-26-43)62(2,3)4)38-21-27-44-45-28-24-41(64(65,66)40-15-9-8-10-16-40)34-53(45)71(52(44)32-38)56-19-13-14-30-67-56/h8-36,68H,1-7H3. The van der Waals surface area contributed by atoms with E-state index in [4.69, 9.17) is 14.4 Å². The molecule has 0 spiro atoms. The Bertz CT molecular complexity index is 4310. The second-order valence-corrected chi connectivity index (χ2v) is 21.5. The Hall–Kier alpha value is -8.36. The van der Waals surface area contributed by atoms with Crippen LogP contribution >= 0.6 is 0 Å². The molecule has 6 nitrogen and oxygen atoms in total. The summed E-state index contributed by atoms with van der Waals surface area (Å²) in [5, 5.41) is 5.96. The van der Waals surface area contributed by atoms with Gasteiger partial charge in [0.15, 0.2) is 0 Å². The summed E-state index contributed by atoms with van der Waals surface area (Å²) >= 11 is 0. The molecule has 72 heavy (non-hydrogen) atoms. The molecule has 0 atom stereocenters. The fourth-order valence-electron chi connectivity index (χ4n) is 10.8. The van der Waals surface area contributed by atoms with Gasteiger partial charge in [0.1, 0.15) is 22.8 Å². The van der Waals surface area contributed by atoms with E-state index in [0.717, 1.165) is 110 Å². The molecule has 0 saturated carbocycles. The van der Waals surface area contributed by atoms with Crippen molar-refractivity contribution >= 4 is 76.6 Å². The van der Waals surface area contributed by atoms with Crippen LogP contribution in [0.3, 0.4) is 0 Å². The number of aromatic nitrogens is 5. The van der Waals surface area contributed by atoms with Crippen molar-refractivity contribution in [1.29, 1.82) is 0 Å². The molecular weight excluding hydrogens is 893 g/mol. The first-order valence-electron chi connectivity index (χ1n) is 24.6. The highest BCUT2D eigenvalue weighted by Gasteiger charge is 2.35. The second kappa shape index (κ2) is 15.6. The Balaban J connectivity index is 1.13. The van der Waals surface area contributed by atoms with Crippen LogP contribution in [0.15, 0.2) is 180 Å². The third-order valence-electron chi connectivity index (χ3n) is 14.7. The molecule has 0 aliphatic heterocycles. The number of aryl methyl sites for hydroxylation is 1. The summed E-state index contributed by atoms with van der Waals surface area (Å²) in [7, 11) is 0. The number of pyridine rings is 1. The number of alkyl halides is 2. The van der Waals surface area contributed by atoms with Gasteiger partial charge >= 0.3 is 0 Å². The number of para-hydroxylation sites is 1. The molecule has 8 aromatic carbocycles. The number of halogens is 2. The van der Waals surface area contributed by atoms with Crippen LogP contribution in [0.5, 0.6) is 0 Å². The van der Waals surface area contributed by atoms with Gasteiger partial charge in [0.25, 0.3) is 5.92 Å². The van der Waals surface area contributed by atoms with Gasteiger partial charge in [-0.1, -0.05) is 144 Å². The summed E-state index contributed by atoms with van der Waals surface area (Å²) in [6.07, 6.45) is 1.74. The molecule has 0 fully saturated rings. The van der Waals surface area contributed by atoms with Crippen molar-refractivity contribution in [2.75, 3.05) is 0 Å². The van der Waals surface area contributed by atoms with Gasteiger partial charge in [-0.25, -0.2) is 9.97 Å². The zero-order valence-electron chi connectivity index (χ0n) is 41.2. The first-order chi connectivity index (χ1) is 34.6. The lowest BCUT2D eigenvalue weighted by Gasteiger charge is -2.22. The highest BCUT2D eigenvalue weighted by atomic mass is 19.3. The van der Waals surface area contributed by atoms with Crippen LogP contribution in [0, 0.1) is 6.92 Å². The summed E-state index contributed by atoms with van der Waals surface area (Å²) in [4.78, 5) is 14.5. The normalized spacial score (nSPS) is 12.8. The quantitative estimate of drug-likeness (QED) is 0.181. The van der Waals surface area contributed by atoms with Crippen molar-refractivity contribution in [1.82, 2.24) is 24.1 Å². The lowest BCUT2D eigenvalue weighted by Crippen LogP contribution is -2.15. The van der Waals surface area contributed by atoms with Crippen LogP contribution in [-0.4, -0.2) is 24.1 Å². The number of imidazole rings is 1. The summed E-state index contributed by atoms with van der Waals surface area (Å²) in [5.41, 5.74) is 13.9. The van der Waals surface area contributed by atoms with Crippen molar-refractivity contribution in [3.8, 4) is 34.0 Å². The van der Waals surface area contributed by atoms with Crippen molar-refractivity contribution in [2.45, 2.75) is 65.2 Å². The van der Waals surface area contributed by atoms with Crippen LogP contribution < -0.4 is 0 Å². The molecule has 1 N–H and O–H groups in total. The third kappa shape index (κ3) is 6.72. The SMILES string of the molecule is Cc1ccc2[nH]c3c(-c4nc5c(-c6ccc7c8ccc(C(F)(F)c9ccccc9)cc8n(-c8ccccn8)c7c6)cc(C(C)(C)C)cc5n4-c4ccc(C(C)(C)C)cc4)cc4c5ccccc5oc4c3c2c1. The average molecular weight is 944 g/mol. The molecule has 0 saturated heterocycles. The van der Waals surface area contributed by atoms with E-state index in [0.29, 0.717) is 11.3 Å². The maximum absolute atomic E-state index is 16.4. The highest BCUT2D eigenvalue weighted by molar-refractivity contribution is 6.26. The molecule has 0 radical (unpaired) electrons. The van der Waals surface area contributed by atoms with E-state index in [1.165, 1.54) is 17.7 Å². The number of rotatable bonds is 6. The van der Waals surface area contributed by atoms with E-state index in [1.54, 1.807) is 36.5 Å². The number of fused-ring (bicyclic) bond motifs is 11. The van der Waals surface area contributed by atoms with Crippen LogP contribution in [-0.2, 0) is 16.8 Å². The highest BCUT2D eigenvalue weighted by Crippen LogP contribution is 2.47. The maximum Gasteiger partial charge on any atom is 0.298 e. The molecule has 5 aromatic heterocycles. The molecule has 0 unspecified atom stereocenters. The number of aromatic amines is 1. The minimum absolute atomic E-state index is 0.0479. The van der Waals surface area contributed by atoms with Gasteiger partial charge < -0.3 is 9.40 Å². The van der Waals surface area contributed by atoms with E-state index in [1.807, 2.05) is 41.0 Å². The molecule has 13 aromatic rings. The van der Waals surface area contributed by atoms with E-state index < -0.39 is 5.92 Å². The molecule has 5 heterocycles. The Kier molecular flexibility index (Phi) is 9.44. The predicted octanol–water partition coefficient (Wildman–Crippen LogP) is 17.4.